The molecule has 0 bridgehead atoms. The largest absolute Gasteiger partial charge is 0.394 e. The SMILES string of the molecule is OC[C@H]1O[C@](CO)(C(O)(Cl)[C@H]2O[C@@](O)(Cl)[C@H](O)[C@@H](O)[C@H]2Cl)[C@@H](O)[C@@H]1O. The van der Waals surface area contributed by atoms with Gasteiger partial charge in [-0.3, -0.25) is 0 Å². The van der Waals surface area contributed by atoms with Crippen LogP contribution in [0.2, 0.25) is 0 Å². The Morgan fingerprint density at radius 1 is 1.00 bits per heavy atom. The molecule has 10 atom stereocenters. The number of hydrogen-bond acceptors (Lipinski definition) is 10. The topological polar surface area (TPSA) is 180 Å². The highest BCUT2D eigenvalue weighted by atomic mass is 35.5. The van der Waals surface area contributed by atoms with Gasteiger partial charge in [0.05, 0.1) is 18.6 Å². The Kier molecular flexibility index (Phi) is 6.21. The molecule has 2 rings (SSSR count). The smallest absolute Gasteiger partial charge is 0.276 e. The highest BCUT2D eigenvalue weighted by Gasteiger charge is 2.70. The molecule has 0 spiro atoms. The zero-order valence-electron chi connectivity index (χ0n) is 12.5. The van der Waals surface area contributed by atoms with E-state index in [1.807, 2.05) is 0 Å². The van der Waals surface area contributed by atoms with Crippen LogP contribution < -0.4 is 0 Å². The van der Waals surface area contributed by atoms with E-state index in [0.29, 0.717) is 0 Å². The highest BCUT2D eigenvalue weighted by Crippen LogP contribution is 2.49. The van der Waals surface area contributed by atoms with Crippen LogP contribution in [-0.2, 0) is 9.47 Å². The first-order valence-electron chi connectivity index (χ1n) is 7.13. The highest BCUT2D eigenvalue weighted by molar-refractivity contribution is 6.27. The van der Waals surface area contributed by atoms with Gasteiger partial charge in [0, 0.05) is 0 Å². The van der Waals surface area contributed by atoms with Crippen molar-refractivity contribution in [1.82, 2.24) is 0 Å². The number of ether oxygens (including phenoxy) is 2. The molecule has 13 heteroatoms. The summed E-state index contributed by atoms with van der Waals surface area (Å²) in [5, 5.41) is 71.5. The molecule has 25 heavy (non-hydrogen) atoms. The summed E-state index contributed by atoms with van der Waals surface area (Å²) in [5.41, 5.74) is -2.53. The van der Waals surface area contributed by atoms with Crippen LogP contribution in [0.3, 0.4) is 0 Å². The molecule has 0 aromatic carbocycles. The molecule has 2 saturated heterocycles. The summed E-state index contributed by atoms with van der Waals surface area (Å²) < 4.78 is 10.1. The second-order valence-electron chi connectivity index (χ2n) is 6.02. The van der Waals surface area contributed by atoms with E-state index in [-0.39, 0.29) is 0 Å². The molecule has 0 radical (unpaired) electrons. The molecule has 2 fully saturated rings. The number of hydrogen-bond donors (Lipinski definition) is 8. The number of aliphatic hydroxyl groups excluding tert-OH is 6. The van der Waals surface area contributed by atoms with Gasteiger partial charge < -0.3 is 50.3 Å². The van der Waals surface area contributed by atoms with Gasteiger partial charge in [0.25, 0.3) is 5.25 Å². The fourth-order valence-electron chi connectivity index (χ4n) is 2.97. The summed E-state index contributed by atoms with van der Waals surface area (Å²) in [6, 6.07) is 0. The van der Waals surface area contributed by atoms with Crippen LogP contribution in [0.1, 0.15) is 0 Å². The van der Waals surface area contributed by atoms with Gasteiger partial charge in [0.15, 0.2) is 11.7 Å². The van der Waals surface area contributed by atoms with Crippen LogP contribution in [0.15, 0.2) is 0 Å². The van der Waals surface area contributed by atoms with Gasteiger partial charge in [0.2, 0.25) is 5.06 Å². The summed E-state index contributed by atoms with van der Waals surface area (Å²) in [7, 11) is 0. The summed E-state index contributed by atoms with van der Waals surface area (Å²) in [5.74, 6) is 0. The van der Waals surface area contributed by atoms with E-state index in [2.05, 4.69) is 0 Å². The second-order valence-corrected chi connectivity index (χ2v) is 7.64. The predicted molar refractivity (Wildman–Crippen MR) is 81.9 cm³/mol. The van der Waals surface area contributed by atoms with Crippen molar-refractivity contribution in [2.45, 2.75) is 57.9 Å². The standard InChI is InChI=1S/C12H19Cl3O10/c13-4-6(19)8(21)12(15,23)25-9(4)11(14,22)10(2-17)7(20)5(18)3(1-16)24-10/h3-9,16-23H,1-2H2/t3-,4-,5-,6+,7+,8-,9+,10+,11?,12-/m1/s1. The monoisotopic (exact) mass is 428 g/mol. The molecule has 1 unspecified atom stereocenters. The van der Waals surface area contributed by atoms with Gasteiger partial charge in [-0.25, -0.2) is 0 Å². The van der Waals surface area contributed by atoms with Gasteiger partial charge in [0.1, 0.15) is 30.5 Å². The summed E-state index contributed by atoms with van der Waals surface area (Å²) in [4.78, 5) is 0. The molecule has 2 heterocycles. The van der Waals surface area contributed by atoms with E-state index >= 15 is 0 Å². The van der Waals surface area contributed by atoms with Crippen LogP contribution in [0.4, 0.5) is 0 Å². The van der Waals surface area contributed by atoms with Crippen LogP contribution in [0.5, 0.6) is 0 Å². The van der Waals surface area contributed by atoms with Crippen LogP contribution in [0.25, 0.3) is 0 Å². The van der Waals surface area contributed by atoms with E-state index in [9.17, 15) is 40.9 Å². The van der Waals surface area contributed by atoms with Crippen molar-refractivity contribution < 1.29 is 50.3 Å². The zero-order valence-corrected chi connectivity index (χ0v) is 14.8. The first kappa shape index (κ1) is 21.8. The summed E-state index contributed by atoms with van der Waals surface area (Å²) in [6.45, 7) is -1.96. The molecular formula is C12H19Cl3O10. The van der Waals surface area contributed by atoms with Crippen molar-refractivity contribution >= 4 is 34.8 Å². The second kappa shape index (κ2) is 7.13. The Morgan fingerprint density at radius 3 is 2.00 bits per heavy atom. The Labute approximate surface area is 156 Å². The van der Waals surface area contributed by atoms with Gasteiger partial charge in [-0.15, -0.1) is 11.6 Å². The van der Waals surface area contributed by atoms with Gasteiger partial charge in [-0.2, -0.15) is 0 Å². The normalized spacial score (nSPS) is 53.6. The predicted octanol–water partition coefficient (Wildman–Crippen LogP) is -3.63. The lowest BCUT2D eigenvalue weighted by Gasteiger charge is -2.51. The van der Waals surface area contributed by atoms with Crippen molar-refractivity contribution in [2.75, 3.05) is 13.2 Å². The van der Waals surface area contributed by atoms with Crippen molar-refractivity contribution in [2.24, 2.45) is 0 Å². The van der Waals surface area contributed by atoms with E-state index in [0.717, 1.165) is 0 Å². The Hall–Kier alpha value is 0.470. The van der Waals surface area contributed by atoms with E-state index in [1.54, 1.807) is 0 Å². The maximum atomic E-state index is 10.8. The van der Waals surface area contributed by atoms with Crippen molar-refractivity contribution in [3.63, 3.8) is 0 Å². The fraction of sp³-hybridized carbons (Fsp3) is 1.00. The number of rotatable bonds is 4. The van der Waals surface area contributed by atoms with Crippen molar-refractivity contribution in [3.8, 4) is 0 Å². The number of alkyl halides is 3. The minimum atomic E-state index is -2.97. The molecule has 10 nitrogen and oxygen atoms in total. The lowest BCUT2D eigenvalue weighted by molar-refractivity contribution is -0.315. The van der Waals surface area contributed by atoms with E-state index in [1.165, 1.54) is 0 Å². The third-order valence-electron chi connectivity index (χ3n) is 4.53. The molecule has 0 aromatic heterocycles. The molecule has 148 valence electrons. The van der Waals surface area contributed by atoms with Crippen molar-refractivity contribution in [3.05, 3.63) is 0 Å². The first-order valence-corrected chi connectivity index (χ1v) is 8.33. The quantitative estimate of drug-likeness (QED) is 0.208. The molecule has 0 aliphatic carbocycles. The van der Waals surface area contributed by atoms with Crippen LogP contribution >= 0.6 is 34.8 Å². The summed E-state index contributed by atoms with van der Waals surface area (Å²) >= 11 is 17.5. The third kappa shape index (κ3) is 3.17. The van der Waals surface area contributed by atoms with Crippen LogP contribution in [0, 0.1) is 0 Å². The molecule has 0 amide bonds. The fourth-order valence-corrected chi connectivity index (χ4v) is 4.03. The maximum Gasteiger partial charge on any atom is 0.276 e. The molecule has 8 N–H and O–H groups in total. The third-order valence-corrected chi connectivity index (χ3v) is 5.86. The maximum absolute atomic E-state index is 10.8. The van der Waals surface area contributed by atoms with E-state index < -0.39 is 71.1 Å². The molecule has 2 aliphatic rings. The molecule has 2 aliphatic heterocycles. The van der Waals surface area contributed by atoms with Crippen LogP contribution in [-0.4, -0.2) is 112 Å². The Morgan fingerprint density at radius 2 is 1.56 bits per heavy atom. The number of aliphatic hydroxyl groups is 8. The Bertz CT molecular complexity index is 494. The van der Waals surface area contributed by atoms with Crippen molar-refractivity contribution in [1.29, 1.82) is 0 Å². The Balaban J connectivity index is 2.45. The molecular weight excluding hydrogens is 410 g/mol. The van der Waals surface area contributed by atoms with Gasteiger partial charge in [-0.1, -0.05) is 23.2 Å². The first-order chi connectivity index (χ1) is 11.4. The summed E-state index contributed by atoms with van der Waals surface area (Å²) in [6.07, 6.45) is -11.2. The lowest BCUT2D eigenvalue weighted by Crippen LogP contribution is -2.73. The molecule has 0 aromatic rings. The minimum Gasteiger partial charge on any atom is -0.394 e. The zero-order chi connectivity index (χ0) is 19.4. The average Bonchev–Trinajstić information content (AvgIpc) is 2.81. The minimum absolute atomic E-state index is 0.788. The number of halogens is 3. The van der Waals surface area contributed by atoms with Gasteiger partial charge in [-0.05, 0) is 0 Å². The van der Waals surface area contributed by atoms with E-state index in [4.69, 9.17) is 44.3 Å². The molecule has 0 saturated carbocycles. The lowest BCUT2D eigenvalue weighted by atomic mass is 9.82. The van der Waals surface area contributed by atoms with Gasteiger partial charge >= 0.3 is 0 Å². The average molecular weight is 430 g/mol.